The van der Waals surface area contributed by atoms with E-state index in [0.717, 1.165) is 0 Å². The molecule has 1 aromatic heterocycles. The molecular weight excluding hydrogens is 196 g/mol. The first-order chi connectivity index (χ1) is 6.29. The van der Waals surface area contributed by atoms with Crippen LogP contribution in [0.25, 0.3) is 0 Å². The summed E-state index contributed by atoms with van der Waals surface area (Å²) in [6.07, 6.45) is 0. The highest BCUT2D eigenvalue weighted by molar-refractivity contribution is 6.28. The molecule has 7 heteroatoms. The Morgan fingerprint density at radius 3 is 2.69 bits per heavy atom. The summed E-state index contributed by atoms with van der Waals surface area (Å²) in [6.45, 7) is 2.69. The van der Waals surface area contributed by atoms with Crippen LogP contribution in [-0.4, -0.2) is 26.3 Å². The van der Waals surface area contributed by atoms with Crippen molar-refractivity contribution in [1.82, 2.24) is 5.27 Å². The molecule has 13 heavy (non-hydrogen) atoms. The number of aromatic nitrogens is 2. The maximum absolute atomic E-state index is 7.22. The second kappa shape index (κ2) is 3.39. The summed E-state index contributed by atoms with van der Waals surface area (Å²) in [5.74, 6) is 0. The van der Waals surface area contributed by atoms with E-state index < -0.39 is 0 Å². The van der Waals surface area contributed by atoms with E-state index in [0.29, 0.717) is 26.3 Å². The molecular formula is C6H9ClN4O2. The fraction of sp³-hybridized carbons (Fsp3) is 0.667. The van der Waals surface area contributed by atoms with Crippen LogP contribution in [0, 0.1) is 5.41 Å². The van der Waals surface area contributed by atoms with E-state index in [-0.39, 0.29) is 10.7 Å². The summed E-state index contributed by atoms with van der Waals surface area (Å²) in [4.78, 5) is 1.40. The number of hydrogen-bond acceptors (Lipinski definition) is 4. The van der Waals surface area contributed by atoms with Crippen LogP contribution in [0.1, 0.15) is 0 Å². The molecule has 2 heterocycles. The van der Waals surface area contributed by atoms with Gasteiger partial charge in [-0.2, -0.15) is 0 Å². The topological polar surface area (TPSA) is 67.4 Å². The lowest BCUT2D eigenvalue weighted by atomic mass is 10.5. The van der Waals surface area contributed by atoms with Crippen LogP contribution in [0.3, 0.4) is 0 Å². The van der Waals surface area contributed by atoms with Crippen molar-refractivity contribution in [2.75, 3.05) is 31.3 Å². The Balaban J connectivity index is 2.23. The number of halogens is 1. The molecule has 0 spiro atoms. The molecule has 0 radical (unpaired) electrons. The number of nitrogens with one attached hydrogen (secondary N) is 1. The number of ether oxygens (including phenoxy) is 1. The molecule has 1 aromatic rings. The van der Waals surface area contributed by atoms with Crippen LogP contribution >= 0.6 is 11.6 Å². The highest BCUT2D eigenvalue weighted by Gasteiger charge is 2.18. The molecule has 0 saturated carbocycles. The SMILES string of the molecule is N=c1o[n-][n+](N2CCOCC2)c1Cl. The van der Waals surface area contributed by atoms with Crippen LogP contribution in [0.2, 0.25) is 5.15 Å². The molecule has 2 rings (SSSR count). The van der Waals surface area contributed by atoms with Crippen molar-refractivity contribution in [2.45, 2.75) is 0 Å². The molecule has 0 bridgehead atoms. The average Bonchev–Trinajstić information content (AvgIpc) is 2.49. The Morgan fingerprint density at radius 2 is 2.15 bits per heavy atom. The fourth-order valence-electron chi connectivity index (χ4n) is 1.16. The van der Waals surface area contributed by atoms with Crippen molar-refractivity contribution in [3.05, 3.63) is 10.7 Å². The van der Waals surface area contributed by atoms with Crippen molar-refractivity contribution in [3.63, 3.8) is 0 Å². The van der Waals surface area contributed by atoms with Gasteiger partial charge in [0.2, 0.25) is 0 Å². The zero-order valence-electron chi connectivity index (χ0n) is 6.86. The smallest absolute Gasteiger partial charge is 0.360 e. The largest absolute Gasteiger partial charge is 0.381 e. The third kappa shape index (κ3) is 1.54. The van der Waals surface area contributed by atoms with E-state index in [1.54, 1.807) is 0 Å². The summed E-state index contributed by atoms with van der Waals surface area (Å²) in [5, 5.41) is 12.9. The lowest BCUT2D eigenvalue weighted by Crippen LogP contribution is -2.64. The zero-order valence-corrected chi connectivity index (χ0v) is 7.62. The van der Waals surface area contributed by atoms with Gasteiger partial charge in [0.15, 0.2) is 0 Å². The highest BCUT2D eigenvalue weighted by Crippen LogP contribution is 1.94. The number of nitrogens with zero attached hydrogens (tertiary/aromatic N) is 3. The van der Waals surface area contributed by atoms with Gasteiger partial charge in [0.1, 0.15) is 0 Å². The second-order valence-corrected chi connectivity index (χ2v) is 3.01. The molecule has 0 aliphatic carbocycles. The average molecular weight is 205 g/mol. The van der Waals surface area contributed by atoms with Gasteiger partial charge in [-0.25, -0.2) is 0 Å². The Kier molecular flexibility index (Phi) is 2.24. The van der Waals surface area contributed by atoms with Crippen LogP contribution in [0.4, 0.5) is 0 Å². The standard InChI is InChI=1S/C6H9ClN4O2/c7-5-6(8)13-9-11(5)10-1-3-12-4-2-10/h8H,1-4H2. The van der Waals surface area contributed by atoms with Crippen molar-refractivity contribution >= 4 is 11.6 Å². The summed E-state index contributed by atoms with van der Waals surface area (Å²) < 4.78 is 9.78. The fourth-order valence-corrected chi connectivity index (χ4v) is 1.34. The lowest BCUT2D eigenvalue weighted by molar-refractivity contribution is -0.763. The predicted octanol–water partition coefficient (Wildman–Crippen LogP) is -1.37. The maximum Gasteiger partial charge on any atom is 0.360 e. The van der Waals surface area contributed by atoms with Crippen LogP contribution < -0.4 is 20.6 Å². The van der Waals surface area contributed by atoms with Gasteiger partial charge in [-0.3, -0.25) is 10.4 Å². The van der Waals surface area contributed by atoms with Gasteiger partial charge in [-0.1, -0.05) is 4.79 Å². The first-order valence-corrected chi connectivity index (χ1v) is 4.29. The van der Waals surface area contributed by atoms with Gasteiger partial charge in [-0.05, 0) is 16.9 Å². The number of morpholine rings is 1. The molecule has 0 unspecified atom stereocenters. The maximum atomic E-state index is 7.22. The summed E-state index contributed by atoms with van der Waals surface area (Å²) in [5.41, 5.74) is -0.117. The first kappa shape index (κ1) is 8.58. The number of hydrogen-bond donors (Lipinski definition) is 1. The summed E-state index contributed by atoms with van der Waals surface area (Å²) in [6, 6.07) is 0. The monoisotopic (exact) mass is 204 g/mol. The van der Waals surface area contributed by atoms with Crippen LogP contribution in [0.5, 0.6) is 0 Å². The quantitative estimate of drug-likeness (QED) is 0.573. The van der Waals surface area contributed by atoms with E-state index >= 15 is 0 Å². The minimum Gasteiger partial charge on any atom is -0.381 e. The minimum atomic E-state index is -0.117. The molecule has 1 fully saturated rings. The molecule has 1 saturated heterocycles. The van der Waals surface area contributed by atoms with Gasteiger partial charge in [0, 0.05) is 13.1 Å². The van der Waals surface area contributed by atoms with Crippen LogP contribution in [0.15, 0.2) is 4.52 Å². The van der Waals surface area contributed by atoms with Gasteiger partial charge in [-0.15, -0.1) is 0 Å². The minimum absolute atomic E-state index is 0.117. The Labute approximate surface area is 79.1 Å². The Morgan fingerprint density at radius 1 is 1.46 bits per heavy atom. The van der Waals surface area contributed by atoms with E-state index in [1.807, 2.05) is 5.01 Å². The summed E-state index contributed by atoms with van der Waals surface area (Å²) in [7, 11) is 0. The van der Waals surface area contributed by atoms with Gasteiger partial charge >= 0.3 is 10.7 Å². The molecule has 1 N–H and O–H groups in total. The number of rotatable bonds is 1. The Hall–Kier alpha value is -1.01. The van der Waals surface area contributed by atoms with Crippen molar-refractivity contribution in [2.24, 2.45) is 0 Å². The van der Waals surface area contributed by atoms with Gasteiger partial charge in [0.05, 0.1) is 13.2 Å². The zero-order chi connectivity index (χ0) is 9.26. The van der Waals surface area contributed by atoms with E-state index in [4.69, 9.17) is 21.7 Å². The highest BCUT2D eigenvalue weighted by atomic mass is 35.5. The predicted molar refractivity (Wildman–Crippen MR) is 41.9 cm³/mol. The molecule has 0 aromatic carbocycles. The van der Waals surface area contributed by atoms with E-state index in [2.05, 4.69) is 9.79 Å². The van der Waals surface area contributed by atoms with Crippen molar-refractivity contribution in [3.8, 4) is 0 Å². The normalized spacial score (nSPS) is 17.8. The summed E-state index contributed by atoms with van der Waals surface area (Å²) >= 11 is 5.78. The molecule has 1 aliphatic heterocycles. The third-order valence-corrected chi connectivity index (χ3v) is 2.15. The third-order valence-electron chi connectivity index (χ3n) is 1.83. The molecule has 1 aliphatic rings. The molecule has 0 atom stereocenters. The van der Waals surface area contributed by atoms with Crippen LogP contribution in [-0.2, 0) is 4.74 Å². The van der Waals surface area contributed by atoms with Crippen molar-refractivity contribution in [1.29, 1.82) is 5.41 Å². The van der Waals surface area contributed by atoms with Crippen molar-refractivity contribution < 1.29 is 14.1 Å². The van der Waals surface area contributed by atoms with Gasteiger partial charge < -0.3 is 9.26 Å². The van der Waals surface area contributed by atoms with E-state index in [9.17, 15) is 0 Å². The van der Waals surface area contributed by atoms with E-state index in [1.165, 1.54) is 4.79 Å². The molecule has 6 nitrogen and oxygen atoms in total. The molecule has 72 valence electrons. The first-order valence-electron chi connectivity index (χ1n) is 3.91. The lowest BCUT2D eigenvalue weighted by Gasteiger charge is -2.26. The van der Waals surface area contributed by atoms with Gasteiger partial charge in [0.25, 0.3) is 0 Å². The Bertz CT molecular complexity index is 341. The second-order valence-electron chi connectivity index (χ2n) is 2.65. The molecule has 0 amide bonds.